The molecule has 41 heavy (non-hydrogen) atoms. The summed E-state index contributed by atoms with van der Waals surface area (Å²) in [4.78, 5) is 32.6. The third-order valence-electron chi connectivity index (χ3n) is 7.30. The molecule has 3 aromatic carbocycles. The third kappa shape index (κ3) is 6.89. The molecule has 0 bridgehead atoms. The number of nitro benzene ring substituents is 1. The van der Waals surface area contributed by atoms with E-state index in [0.717, 1.165) is 40.3 Å². The second-order valence-corrected chi connectivity index (χ2v) is 13.7. The monoisotopic (exact) mass is 603 g/mol. The number of hydrogen-bond acceptors (Lipinski definition) is 6. The molecule has 1 aliphatic carbocycles. The first-order valence-electron chi connectivity index (χ1n) is 13.4. The molecule has 9 heteroatoms. The fourth-order valence-corrected chi connectivity index (χ4v) is 7.24. The summed E-state index contributed by atoms with van der Waals surface area (Å²) in [7, 11) is 0. The molecule has 0 unspecified atom stereocenters. The first-order chi connectivity index (χ1) is 19.6. The highest BCUT2D eigenvalue weighted by Gasteiger charge is 2.33. The van der Waals surface area contributed by atoms with Crippen molar-refractivity contribution in [3.05, 3.63) is 110 Å². The van der Waals surface area contributed by atoms with Crippen LogP contribution in [-0.2, 0) is 12.8 Å². The van der Waals surface area contributed by atoms with Crippen molar-refractivity contribution in [1.82, 2.24) is 0 Å². The molecule has 1 N–H and O–H groups in total. The lowest BCUT2D eigenvalue weighted by Crippen LogP contribution is -2.27. The van der Waals surface area contributed by atoms with E-state index >= 15 is 0 Å². The molecule has 1 amide bonds. The van der Waals surface area contributed by atoms with Crippen LogP contribution in [0, 0.1) is 21.4 Å². The fourth-order valence-electron chi connectivity index (χ4n) is 4.95. The highest BCUT2D eigenvalue weighted by molar-refractivity contribution is 7.99. The summed E-state index contributed by atoms with van der Waals surface area (Å²) in [5, 5.41) is 15.9. The Morgan fingerprint density at radius 3 is 2.54 bits per heavy atom. The first-order valence-corrected chi connectivity index (χ1v) is 15.4. The zero-order valence-electron chi connectivity index (χ0n) is 23.0. The number of carbonyl (C=O) groups excluding carboxylic acids is 1. The van der Waals surface area contributed by atoms with Crippen LogP contribution in [0.3, 0.4) is 0 Å². The van der Waals surface area contributed by atoms with Crippen molar-refractivity contribution < 1.29 is 9.72 Å². The van der Waals surface area contributed by atoms with E-state index in [2.05, 4.69) is 26.1 Å². The highest BCUT2D eigenvalue weighted by Crippen LogP contribution is 2.45. The van der Waals surface area contributed by atoms with Crippen LogP contribution in [-0.4, -0.2) is 17.0 Å². The minimum atomic E-state index is -0.413. The van der Waals surface area contributed by atoms with Gasteiger partial charge in [0.2, 0.25) is 0 Å². The van der Waals surface area contributed by atoms with Gasteiger partial charge in [0, 0.05) is 49.3 Å². The van der Waals surface area contributed by atoms with Crippen LogP contribution in [0.5, 0.6) is 0 Å². The molecule has 0 saturated heterocycles. The van der Waals surface area contributed by atoms with Crippen LogP contribution >= 0.6 is 34.7 Å². The van der Waals surface area contributed by atoms with Gasteiger partial charge in [-0.2, -0.15) is 0 Å². The van der Waals surface area contributed by atoms with Gasteiger partial charge in [-0.25, -0.2) is 4.99 Å². The van der Waals surface area contributed by atoms with Gasteiger partial charge in [0.1, 0.15) is 5.00 Å². The van der Waals surface area contributed by atoms with Gasteiger partial charge in [0.15, 0.2) is 0 Å². The molecule has 0 spiro atoms. The zero-order chi connectivity index (χ0) is 29.1. The number of nitrogens with one attached hydrogen (secondary N) is 1. The lowest BCUT2D eigenvalue weighted by atomic mass is 9.72. The molecule has 0 saturated carbocycles. The molecule has 0 fully saturated rings. The molecule has 1 aliphatic rings. The Hall–Kier alpha value is -3.46. The second kappa shape index (κ2) is 12.2. The number of thiophene rings is 1. The number of aliphatic imine (C=N–C) groups is 1. The molecule has 1 heterocycles. The maximum atomic E-state index is 13.7. The SMILES string of the molecule is CC(C)(C)[C@@H]1CCc2c(sc(N=Cc3cc([N+](=O)[O-])ccc3Sc3ccc(Cl)cc3)c2C(=O)Nc2ccccc2)C1. The third-order valence-corrected chi connectivity index (χ3v) is 9.81. The Bertz CT molecular complexity index is 1610. The van der Waals surface area contributed by atoms with Crippen LogP contribution in [0.2, 0.25) is 5.02 Å². The van der Waals surface area contributed by atoms with E-state index in [4.69, 9.17) is 16.6 Å². The van der Waals surface area contributed by atoms with Crippen LogP contribution in [0.15, 0.2) is 87.6 Å². The van der Waals surface area contributed by atoms with Gasteiger partial charge in [-0.3, -0.25) is 14.9 Å². The Morgan fingerprint density at radius 1 is 1.12 bits per heavy atom. The van der Waals surface area contributed by atoms with E-state index in [-0.39, 0.29) is 17.0 Å². The molecule has 1 aromatic heterocycles. The largest absolute Gasteiger partial charge is 0.322 e. The molecule has 0 radical (unpaired) electrons. The number of nitrogens with zero attached hydrogens (tertiary/aromatic N) is 2. The van der Waals surface area contributed by atoms with Gasteiger partial charge >= 0.3 is 0 Å². The smallest absolute Gasteiger partial charge is 0.270 e. The average Bonchev–Trinajstić information content (AvgIpc) is 3.31. The molecule has 4 aromatic rings. The molecule has 210 valence electrons. The molecule has 5 rings (SSSR count). The van der Waals surface area contributed by atoms with Crippen molar-refractivity contribution in [3.63, 3.8) is 0 Å². The van der Waals surface area contributed by atoms with Crippen LogP contribution in [0.4, 0.5) is 16.4 Å². The Kier molecular flexibility index (Phi) is 8.63. The lowest BCUT2D eigenvalue weighted by Gasteiger charge is -2.33. The van der Waals surface area contributed by atoms with Crippen molar-refractivity contribution in [2.75, 3.05) is 5.32 Å². The van der Waals surface area contributed by atoms with E-state index in [0.29, 0.717) is 27.1 Å². The number of anilines is 1. The van der Waals surface area contributed by atoms with Crippen LogP contribution in [0.25, 0.3) is 0 Å². The number of non-ortho nitro benzene ring substituents is 1. The summed E-state index contributed by atoms with van der Waals surface area (Å²) in [6, 6.07) is 21.6. The molecule has 1 atom stereocenters. The summed E-state index contributed by atoms with van der Waals surface area (Å²) in [5.41, 5.74) is 3.12. The Labute approximate surface area is 253 Å². The van der Waals surface area contributed by atoms with E-state index in [1.54, 1.807) is 23.6 Å². The van der Waals surface area contributed by atoms with E-state index < -0.39 is 4.92 Å². The fraction of sp³-hybridized carbons (Fsp3) is 0.250. The minimum Gasteiger partial charge on any atom is -0.322 e. The Balaban J connectivity index is 1.54. The van der Waals surface area contributed by atoms with E-state index in [1.165, 1.54) is 28.8 Å². The summed E-state index contributed by atoms with van der Waals surface area (Å²) in [6.07, 6.45) is 4.37. The maximum absolute atomic E-state index is 13.7. The van der Waals surface area contributed by atoms with Crippen molar-refractivity contribution in [2.24, 2.45) is 16.3 Å². The van der Waals surface area contributed by atoms with Crippen LogP contribution < -0.4 is 5.32 Å². The number of hydrogen-bond donors (Lipinski definition) is 1. The highest BCUT2D eigenvalue weighted by atomic mass is 35.5. The standard InChI is InChI=1S/C32H30ClN3O3S2/c1-32(2,3)21-9-15-26-28(18-21)41-31(29(26)30(37)35-23-7-5-4-6-8-23)34-19-20-17-24(36(38)39)12-16-27(20)40-25-13-10-22(33)11-14-25/h4-8,10-14,16-17,19,21H,9,15,18H2,1-3H3,(H,35,37)/t21-/m1/s1. The number of amides is 1. The molecule has 0 aliphatic heterocycles. The predicted octanol–water partition coefficient (Wildman–Crippen LogP) is 9.61. The topological polar surface area (TPSA) is 84.6 Å². The summed E-state index contributed by atoms with van der Waals surface area (Å²) in [6.45, 7) is 6.79. The van der Waals surface area contributed by atoms with Gasteiger partial charge in [-0.15, -0.1) is 11.3 Å². The molecular weight excluding hydrogens is 574 g/mol. The van der Waals surface area contributed by atoms with Gasteiger partial charge in [-0.05, 0) is 78.6 Å². The summed E-state index contributed by atoms with van der Waals surface area (Å²) < 4.78 is 0. The predicted molar refractivity (Wildman–Crippen MR) is 170 cm³/mol. The number of nitro groups is 1. The number of halogens is 1. The zero-order valence-corrected chi connectivity index (χ0v) is 25.4. The number of carbonyl (C=O) groups is 1. The lowest BCUT2D eigenvalue weighted by molar-refractivity contribution is -0.384. The van der Waals surface area contributed by atoms with Crippen molar-refractivity contribution in [2.45, 2.75) is 49.8 Å². The molecular formula is C32H30ClN3O3S2. The number of benzene rings is 3. The van der Waals surface area contributed by atoms with Gasteiger partial charge in [0.05, 0.1) is 10.5 Å². The average molecular weight is 604 g/mol. The normalized spacial score (nSPS) is 15.1. The summed E-state index contributed by atoms with van der Waals surface area (Å²) in [5.74, 6) is 0.319. The maximum Gasteiger partial charge on any atom is 0.270 e. The number of fused-ring (bicyclic) bond motifs is 1. The van der Waals surface area contributed by atoms with Crippen molar-refractivity contribution >= 4 is 63.2 Å². The van der Waals surface area contributed by atoms with E-state index in [1.807, 2.05) is 54.6 Å². The number of para-hydroxylation sites is 1. The van der Waals surface area contributed by atoms with Crippen LogP contribution in [0.1, 0.15) is 53.6 Å². The molecule has 6 nitrogen and oxygen atoms in total. The quantitative estimate of drug-likeness (QED) is 0.129. The van der Waals surface area contributed by atoms with Gasteiger partial charge in [-0.1, -0.05) is 62.3 Å². The van der Waals surface area contributed by atoms with Crippen molar-refractivity contribution in [1.29, 1.82) is 0 Å². The Morgan fingerprint density at radius 2 is 1.85 bits per heavy atom. The second-order valence-electron chi connectivity index (χ2n) is 11.1. The van der Waals surface area contributed by atoms with E-state index in [9.17, 15) is 14.9 Å². The van der Waals surface area contributed by atoms with Gasteiger partial charge in [0.25, 0.3) is 11.6 Å². The number of rotatable bonds is 7. The first kappa shape index (κ1) is 29.0. The summed E-state index contributed by atoms with van der Waals surface area (Å²) >= 11 is 9.07. The van der Waals surface area contributed by atoms with Crippen molar-refractivity contribution in [3.8, 4) is 0 Å². The van der Waals surface area contributed by atoms with Gasteiger partial charge < -0.3 is 5.32 Å². The minimum absolute atomic E-state index is 0.0209.